The van der Waals surface area contributed by atoms with E-state index in [0.717, 1.165) is 12.0 Å². The fourth-order valence-electron chi connectivity index (χ4n) is 2.11. The molecule has 0 aromatic rings. The summed E-state index contributed by atoms with van der Waals surface area (Å²) in [5.74, 6) is 0.281. The van der Waals surface area contributed by atoms with E-state index in [9.17, 15) is 8.42 Å². The molecule has 1 aliphatic heterocycles. The molecular formula is C10H16INO2S. The van der Waals surface area contributed by atoms with Gasteiger partial charge in [0, 0.05) is 0 Å². The van der Waals surface area contributed by atoms with Gasteiger partial charge in [0.2, 0.25) is 0 Å². The maximum atomic E-state index is 11.6. The van der Waals surface area contributed by atoms with Crippen LogP contribution >= 0.6 is 0 Å². The van der Waals surface area contributed by atoms with Gasteiger partial charge in [-0.15, -0.1) is 0 Å². The van der Waals surface area contributed by atoms with Crippen molar-refractivity contribution in [2.45, 2.75) is 12.5 Å². The highest BCUT2D eigenvalue weighted by Gasteiger charge is 2.44. The molecule has 15 heavy (non-hydrogen) atoms. The Morgan fingerprint density at radius 2 is 1.93 bits per heavy atom. The first kappa shape index (κ1) is 13.2. The van der Waals surface area contributed by atoms with E-state index in [1.165, 1.54) is 0 Å². The number of sulfone groups is 1. The van der Waals surface area contributed by atoms with Gasteiger partial charge < -0.3 is 28.5 Å². The Bertz CT molecular complexity index is 429. The second-order valence-electron chi connectivity index (χ2n) is 4.92. The topological polar surface area (TPSA) is 34.1 Å². The van der Waals surface area contributed by atoms with Crippen molar-refractivity contribution in [1.82, 2.24) is 0 Å². The van der Waals surface area contributed by atoms with Crippen LogP contribution in [-0.2, 0) is 9.84 Å². The summed E-state index contributed by atoms with van der Waals surface area (Å²) in [6.07, 6.45) is 4.93. The highest BCUT2D eigenvalue weighted by molar-refractivity contribution is 7.96. The first-order chi connectivity index (χ1) is 6.32. The number of likely N-dealkylation sites (N-methyl/N-ethyl adjacent to an activating group) is 1. The predicted octanol–water partition coefficient (Wildman–Crippen LogP) is -2.29. The summed E-state index contributed by atoms with van der Waals surface area (Å²) in [5, 5.41) is 0. The van der Waals surface area contributed by atoms with Crippen LogP contribution in [0, 0.1) is 0 Å². The van der Waals surface area contributed by atoms with Crippen molar-refractivity contribution in [1.29, 1.82) is 0 Å². The van der Waals surface area contributed by atoms with Crippen molar-refractivity contribution >= 4 is 9.84 Å². The minimum atomic E-state index is -2.90. The molecule has 0 N–H and O–H groups in total. The van der Waals surface area contributed by atoms with Gasteiger partial charge in [0.1, 0.15) is 10.9 Å². The molecule has 2 aliphatic rings. The van der Waals surface area contributed by atoms with Crippen LogP contribution < -0.4 is 24.0 Å². The third-order valence-corrected chi connectivity index (χ3v) is 4.76. The molecule has 0 amide bonds. The van der Waals surface area contributed by atoms with Crippen LogP contribution in [0.5, 0.6) is 0 Å². The van der Waals surface area contributed by atoms with Crippen LogP contribution in [0.1, 0.15) is 6.42 Å². The summed E-state index contributed by atoms with van der Waals surface area (Å²) >= 11 is 0. The van der Waals surface area contributed by atoms with Crippen LogP contribution in [0.3, 0.4) is 0 Å². The second kappa shape index (κ2) is 3.85. The molecule has 1 aliphatic carbocycles. The van der Waals surface area contributed by atoms with Crippen LogP contribution in [0.25, 0.3) is 0 Å². The van der Waals surface area contributed by atoms with Crippen molar-refractivity contribution in [2.75, 3.05) is 26.9 Å². The molecule has 0 bridgehead atoms. The van der Waals surface area contributed by atoms with Crippen LogP contribution in [0.2, 0.25) is 0 Å². The van der Waals surface area contributed by atoms with E-state index in [4.69, 9.17) is 0 Å². The van der Waals surface area contributed by atoms with Crippen molar-refractivity contribution in [3.63, 3.8) is 0 Å². The molecule has 0 saturated carbocycles. The molecule has 2 rings (SSSR count). The van der Waals surface area contributed by atoms with Crippen molar-refractivity contribution in [3.05, 3.63) is 22.6 Å². The Kier molecular flexibility index (Phi) is 3.39. The molecule has 1 atom stereocenters. The highest BCUT2D eigenvalue weighted by Crippen LogP contribution is 2.38. The Balaban J connectivity index is 0.00000112. The molecule has 0 radical (unpaired) electrons. The average molecular weight is 341 g/mol. The summed E-state index contributed by atoms with van der Waals surface area (Å²) in [7, 11) is 3.18. The second-order valence-corrected chi connectivity index (χ2v) is 6.88. The third kappa shape index (κ3) is 2.14. The number of halogens is 1. The fraction of sp³-hybridized carbons (Fsp3) is 0.600. The zero-order chi connectivity index (χ0) is 10.6. The monoisotopic (exact) mass is 341 g/mol. The largest absolute Gasteiger partial charge is 1.00 e. The number of hydrogen-bond acceptors (Lipinski definition) is 2. The van der Waals surface area contributed by atoms with E-state index in [0.29, 0.717) is 9.39 Å². The number of hydrogen-bond donors (Lipinski definition) is 0. The number of rotatable bonds is 1. The SMILES string of the molecule is C[N+](C)(C)C1C=CCC2=C1S(=O)(=O)C2.[I-]. The van der Waals surface area contributed by atoms with Crippen molar-refractivity contribution in [2.24, 2.45) is 0 Å². The minimum absolute atomic E-state index is 0. The van der Waals surface area contributed by atoms with E-state index < -0.39 is 9.84 Å². The molecule has 0 fully saturated rings. The molecule has 5 heteroatoms. The fourth-order valence-corrected chi connectivity index (χ4v) is 4.11. The zero-order valence-electron chi connectivity index (χ0n) is 9.20. The minimum Gasteiger partial charge on any atom is -1.00 e. The summed E-state index contributed by atoms with van der Waals surface area (Å²) in [6, 6.07) is 0.0255. The van der Waals surface area contributed by atoms with Gasteiger partial charge in [-0.3, -0.25) is 0 Å². The normalized spacial score (nSPS) is 27.8. The van der Waals surface area contributed by atoms with Gasteiger partial charge in [-0.05, 0) is 18.1 Å². The summed E-state index contributed by atoms with van der Waals surface area (Å²) in [6.45, 7) is 0. The van der Waals surface area contributed by atoms with E-state index in [1.54, 1.807) is 0 Å². The standard InChI is InChI=1S/C10H16NO2S.HI/c1-11(2,3)9-6-4-5-8-7-14(12,13)10(8)9;/h4,6,9H,5,7H2,1-3H3;1H/q+1;/p-1. The van der Waals surface area contributed by atoms with Crippen LogP contribution in [0.15, 0.2) is 22.6 Å². The Morgan fingerprint density at radius 3 is 2.33 bits per heavy atom. The molecular weight excluding hydrogens is 325 g/mol. The lowest BCUT2D eigenvalue weighted by molar-refractivity contribution is -0.883. The average Bonchev–Trinajstić information content (AvgIpc) is 2.00. The van der Waals surface area contributed by atoms with E-state index in [1.807, 2.05) is 27.2 Å². The lowest BCUT2D eigenvalue weighted by Gasteiger charge is -2.39. The van der Waals surface area contributed by atoms with Gasteiger partial charge >= 0.3 is 0 Å². The first-order valence-electron chi connectivity index (χ1n) is 4.75. The molecule has 0 saturated heterocycles. The van der Waals surface area contributed by atoms with Gasteiger partial charge in [0.25, 0.3) is 0 Å². The molecule has 86 valence electrons. The highest BCUT2D eigenvalue weighted by atomic mass is 127. The van der Waals surface area contributed by atoms with Gasteiger partial charge in [-0.2, -0.15) is 0 Å². The van der Waals surface area contributed by atoms with Crippen molar-refractivity contribution in [3.8, 4) is 0 Å². The number of allylic oxidation sites excluding steroid dienone is 1. The van der Waals surface area contributed by atoms with Crippen molar-refractivity contribution < 1.29 is 36.9 Å². The molecule has 0 aromatic heterocycles. The molecule has 0 spiro atoms. The Hall–Kier alpha value is 0.120. The maximum absolute atomic E-state index is 11.6. The van der Waals surface area contributed by atoms with E-state index in [2.05, 4.69) is 6.08 Å². The number of quaternary nitrogens is 1. The molecule has 1 unspecified atom stereocenters. The number of nitrogens with zero attached hydrogens (tertiary/aromatic N) is 1. The maximum Gasteiger partial charge on any atom is 0.184 e. The van der Waals surface area contributed by atoms with Gasteiger partial charge in [-0.1, -0.05) is 6.08 Å². The lowest BCUT2D eigenvalue weighted by Crippen LogP contribution is -3.00. The Morgan fingerprint density at radius 1 is 1.33 bits per heavy atom. The summed E-state index contributed by atoms with van der Waals surface area (Å²) < 4.78 is 23.9. The van der Waals surface area contributed by atoms with Gasteiger partial charge in [-0.25, -0.2) is 8.42 Å². The van der Waals surface area contributed by atoms with E-state index in [-0.39, 0.29) is 35.8 Å². The predicted molar refractivity (Wildman–Crippen MR) is 56.4 cm³/mol. The van der Waals surface area contributed by atoms with Gasteiger partial charge in [0.15, 0.2) is 9.84 Å². The molecule has 3 nitrogen and oxygen atoms in total. The summed E-state index contributed by atoms with van der Waals surface area (Å²) in [4.78, 5) is 0.688. The first-order valence-corrected chi connectivity index (χ1v) is 6.40. The van der Waals surface area contributed by atoms with Crippen LogP contribution in [0.4, 0.5) is 0 Å². The zero-order valence-corrected chi connectivity index (χ0v) is 12.2. The molecule has 0 aromatic carbocycles. The summed E-state index contributed by atoms with van der Waals surface area (Å²) in [5.41, 5.74) is 1.12. The quantitative estimate of drug-likeness (QED) is 0.306. The molecule has 1 heterocycles. The lowest BCUT2D eigenvalue weighted by atomic mass is 10.0. The van der Waals surface area contributed by atoms with Crippen LogP contribution in [-0.4, -0.2) is 45.8 Å². The Labute approximate surface area is 108 Å². The van der Waals surface area contributed by atoms with E-state index >= 15 is 0 Å². The third-order valence-electron chi connectivity index (χ3n) is 2.83. The van der Waals surface area contributed by atoms with Gasteiger partial charge in [0.05, 0.1) is 26.9 Å². The smallest absolute Gasteiger partial charge is 0.184 e.